The molecule has 8 heteroatoms. The zero-order chi connectivity index (χ0) is 14.0. The van der Waals surface area contributed by atoms with Crippen LogP contribution in [0, 0.1) is 21.7 Å². The molecule has 2 rings (SSSR count). The first-order valence-corrected chi connectivity index (χ1v) is 6.17. The maximum absolute atomic E-state index is 13.7. The third kappa shape index (κ3) is 2.68. The SMILES string of the molecule is CC(Nc1c([N+](=O)[O-])ccc(F)c1F)c1nccs1. The van der Waals surface area contributed by atoms with Crippen molar-refractivity contribution in [2.45, 2.75) is 13.0 Å². The second kappa shape index (κ2) is 5.27. The molecule has 0 spiro atoms. The van der Waals surface area contributed by atoms with Crippen molar-refractivity contribution in [2.24, 2.45) is 0 Å². The van der Waals surface area contributed by atoms with Gasteiger partial charge in [-0.25, -0.2) is 13.8 Å². The number of hydrogen-bond donors (Lipinski definition) is 1. The average Bonchev–Trinajstić information content (AvgIpc) is 2.88. The van der Waals surface area contributed by atoms with Gasteiger partial charge in [0.1, 0.15) is 5.01 Å². The van der Waals surface area contributed by atoms with Gasteiger partial charge in [0.15, 0.2) is 17.3 Å². The minimum absolute atomic E-state index is 0.463. The van der Waals surface area contributed by atoms with E-state index in [0.29, 0.717) is 5.01 Å². The van der Waals surface area contributed by atoms with Crippen LogP contribution in [-0.2, 0) is 0 Å². The minimum atomic E-state index is -1.27. The van der Waals surface area contributed by atoms with E-state index in [-0.39, 0.29) is 0 Å². The van der Waals surface area contributed by atoms with Crippen LogP contribution in [0.2, 0.25) is 0 Å². The highest BCUT2D eigenvalue weighted by molar-refractivity contribution is 7.09. The lowest BCUT2D eigenvalue weighted by Gasteiger charge is -2.13. The highest BCUT2D eigenvalue weighted by Gasteiger charge is 2.23. The van der Waals surface area contributed by atoms with E-state index in [1.807, 2.05) is 0 Å². The Morgan fingerprint density at radius 1 is 1.47 bits per heavy atom. The number of nitrogens with zero attached hydrogens (tertiary/aromatic N) is 2. The van der Waals surface area contributed by atoms with Crippen LogP contribution in [0.25, 0.3) is 0 Å². The standard InChI is InChI=1S/C11H9F2N3O2S/c1-6(11-14-4-5-19-11)15-10-8(16(17)18)3-2-7(12)9(10)13/h2-6,15H,1H3. The number of anilines is 1. The normalized spacial score (nSPS) is 12.2. The Bertz CT molecular complexity index is 604. The van der Waals surface area contributed by atoms with Crippen molar-refractivity contribution in [1.29, 1.82) is 0 Å². The molecule has 0 amide bonds. The molecule has 1 unspecified atom stereocenters. The van der Waals surface area contributed by atoms with Crippen LogP contribution in [0.5, 0.6) is 0 Å². The van der Waals surface area contributed by atoms with E-state index in [9.17, 15) is 18.9 Å². The van der Waals surface area contributed by atoms with Gasteiger partial charge >= 0.3 is 0 Å². The van der Waals surface area contributed by atoms with Gasteiger partial charge in [0.05, 0.1) is 11.0 Å². The molecule has 19 heavy (non-hydrogen) atoms. The largest absolute Gasteiger partial charge is 0.368 e. The Morgan fingerprint density at radius 2 is 2.21 bits per heavy atom. The summed E-state index contributed by atoms with van der Waals surface area (Å²) in [6.07, 6.45) is 1.56. The van der Waals surface area contributed by atoms with E-state index in [4.69, 9.17) is 0 Å². The Kier molecular flexibility index (Phi) is 3.70. The van der Waals surface area contributed by atoms with Crippen molar-refractivity contribution in [3.8, 4) is 0 Å². The van der Waals surface area contributed by atoms with Crippen molar-refractivity contribution in [3.63, 3.8) is 0 Å². The van der Waals surface area contributed by atoms with Gasteiger partial charge in [-0.05, 0) is 13.0 Å². The van der Waals surface area contributed by atoms with Gasteiger partial charge in [-0.3, -0.25) is 10.1 Å². The average molecular weight is 285 g/mol. The molecule has 0 aliphatic carbocycles. The zero-order valence-corrected chi connectivity index (χ0v) is 10.6. The third-order valence-corrected chi connectivity index (χ3v) is 3.41. The van der Waals surface area contributed by atoms with Crippen LogP contribution in [0.3, 0.4) is 0 Å². The van der Waals surface area contributed by atoms with Gasteiger partial charge in [0.2, 0.25) is 0 Å². The molecule has 1 N–H and O–H groups in total. The van der Waals surface area contributed by atoms with Gasteiger partial charge in [0, 0.05) is 17.6 Å². The topological polar surface area (TPSA) is 68.1 Å². The molecular formula is C11H9F2N3O2S. The zero-order valence-electron chi connectivity index (χ0n) is 9.76. The fraction of sp³-hybridized carbons (Fsp3) is 0.182. The van der Waals surface area contributed by atoms with Gasteiger partial charge in [-0.2, -0.15) is 0 Å². The molecule has 2 aromatic rings. The number of benzene rings is 1. The van der Waals surface area contributed by atoms with Crippen LogP contribution in [0.15, 0.2) is 23.7 Å². The van der Waals surface area contributed by atoms with E-state index in [0.717, 1.165) is 12.1 Å². The molecule has 0 radical (unpaired) electrons. The van der Waals surface area contributed by atoms with Crippen LogP contribution in [0.1, 0.15) is 18.0 Å². The summed E-state index contributed by atoms with van der Waals surface area (Å²) in [4.78, 5) is 14.1. The Balaban J connectivity index is 2.38. The van der Waals surface area contributed by atoms with E-state index in [2.05, 4.69) is 10.3 Å². The highest BCUT2D eigenvalue weighted by atomic mass is 32.1. The van der Waals surface area contributed by atoms with Crippen LogP contribution in [0.4, 0.5) is 20.2 Å². The van der Waals surface area contributed by atoms with Gasteiger partial charge in [-0.1, -0.05) is 0 Å². The van der Waals surface area contributed by atoms with Gasteiger partial charge < -0.3 is 5.32 Å². The van der Waals surface area contributed by atoms with Crippen molar-refractivity contribution < 1.29 is 13.7 Å². The second-order valence-electron chi connectivity index (χ2n) is 3.75. The fourth-order valence-electron chi connectivity index (χ4n) is 1.56. The summed E-state index contributed by atoms with van der Waals surface area (Å²) in [5, 5.41) is 15.8. The summed E-state index contributed by atoms with van der Waals surface area (Å²) in [5.41, 5.74) is -0.977. The number of hydrogen-bond acceptors (Lipinski definition) is 5. The molecule has 1 heterocycles. The Labute approximate surface area is 111 Å². The lowest BCUT2D eigenvalue weighted by Crippen LogP contribution is -2.10. The van der Waals surface area contributed by atoms with Crippen LogP contribution < -0.4 is 5.32 Å². The summed E-state index contributed by atoms with van der Waals surface area (Å²) in [6, 6.07) is 1.19. The molecule has 0 saturated carbocycles. The molecule has 0 aliphatic rings. The maximum atomic E-state index is 13.7. The van der Waals surface area contributed by atoms with Crippen LogP contribution >= 0.6 is 11.3 Å². The van der Waals surface area contributed by atoms with Crippen molar-refractivity contribution in [2.75, 3.05) is 5.32 Å². The Hall–Kier alpha value is -2.09. The quantitative estimate of drug-likeness (QED) is 0.689. The molecule has 1 aromatic heterocycles. The first kappa shape index (κ1) is 13.3. The number of halogens is 2. The number of rotatable bonds is 4. The summed E-state index contributed by atoms with van der Waals surface area (Å²) in [6.45, 7) is 1.66. The molecule has 1 atom stereocenters. The maximum Gasteiger partial charge on any atom is 0.295 e. The summed E-state index contributed by atoms with van der Waals surface area (Å²) in [7, 11) is 0. The first-order valence-electron chi connectivity index (χ1n) is 5.29. The molecule has 0 bridgehead atoms. The van der Waals surface area contributed by atoms with E-state index >= 15 is 0 Å². The second-order valence-corrected chi connectivity index (χ2v) is 4.68. The van der Waals surface area contributed by atoms with Crippen molar-refractivity contribution in [1.82, 2.24) is 4.98 Å². The first-order chi connectivity index (χ1) is 9.00. The third-order valence-electron chi connectivity index (χ3n) is 2.45. The number of aromatic nitrogens is 1. The molecule has 0 fully saturated rings. The number of nitrogens with one attached hydrogen (secondary N) is 1. The van der Waals surface area contributed by atoms with Crippen molar-refractivity contribution >= 4 is 22.7 Å². The van der Waals surface area contributed by atoms with E-state index in [1.54, 1.807) is 18.5 Å². The molecule has 5 nitrogen and oxygen atoms in total. The molecule has 0 aliphatic heterocycles. The lowest BCUT2D eigenvalue weighted by atomic mass is 10.2. The monoisotopic (exact) mass is 285 g/mol. The summed E-state index contributed by atoms with van der Waals surface area (Å²) >= 11 is 1.31. The number of thiazole rings is 1. The molecule has 0 saturated heterocycles. The number of nitro benzene ring substituents is 1. The molecular weight excluding hydrogens is 276 g/mol. The fourth-order valence-corrected chi connectivity index (χ4v) is 2.20. The smallest absolute Gasteiger partial charge is 0.295 e. The van der Waals surface area contributed by atoms with Gasteiger partial charge in [0.25, 0.3) is 5.69 Å². The van der Waals surface area contributed by atoms with Crippen molar-refractivity contribution in [3.05, 3.63) is 50.5 Å². The van der Waals surface area contributed by atoms with E-state index in [1.165, 1.54) is 11.3 Å². The van der Waals surface area contributed by atoms with Crippen LogP contribution in [-0.4, -0.2) is 9.91 Å². The number of nitro groups is 1. The molecule has 1 aromatic carbocycles. The predicted octanol–water partition coefficient (Wildman–Crippen LogP) is 3.50. The highest BCUT2D eigenvalue weighted by Crippen LogP contribution is 2.32. The summed E-state index contributed by atoms with van der Waals surface area (Å²) < 4.78 is 26.8. The predicted molar refractivity (Wildman–Crippen MR) is 67.2 cm³/mol. The summed E-state index contributed by atoms with van der Waals surface area (Å²) in [5.74, 6) is -2.41. The van der Waals surface area contributed by atoms with Gasteiger partial charge in [-0.15, -0.1) is 11.3 Å². The lowest BCUT2D eigenvalue weighted by molar-refractivity contribution is -0.384. The minimum Gasteiger partial charge on any atom is -0.368 e. The Morgan fingerprint density at radius 3 is 2.79 bits per heavy atom. The molecule has 100 valence electrons. The van der Waals surface area contributed by atoms with E-state index < -0.39 is 34.0 Å².